The highest BCUT2D eigenvalue weighted by Crippen LogP contribution is 2.27. The SMILES string of the molecule is Cc1ccc(OC(F)F)c(C(=O)COC(=O)c2ccccc2N2CCCC2=O)c1. The summed E-state index contributed by atoms with van der Waals surface area (Å²) in [7, 11) is 0. The lowest BCUT2D eigenvalue weighted by atomic mass is 10.1. The number of hydrogen-bond acceptors (Lipinski definition) is 5. The van der Waals surface area contributed by atoms with E-state index in [2.05, 4.69) is 4.74 Å². The van der Waals surface area contributed by atoms with Crippen molar-refractivity contribution in [3.63, 3.8) is 0 Å². The van der Waals surface area contributed by atoms with E-state index in [1.807, 2.05) is 0 Å². The van der Waals surface area contributed by atoms with Gasteiger partial charge in [0.2, 0.25) is 11.7 Å². The molecule has 1 saturated heterocycles. The third-order valence-corrected chi connectivity index (χ3v) is 4.47. The first-order valence-corrected chi connectivity index (χ1v) is 9.02. The summed E-state index contributed by atoms with van der Waals surface area (Å²) >= 11 is 0. The minimum absolute atomic E-state index is 0.0881. The highest BCUT2D eigenvalue weighted by Gasteiger charge is 2.26. The van der Waals surface area contributed by atoms with E-state index in [1.165, 1.54) is 29.2 Å². The fourth-order valence-corrected chi connectivity index (χ4v) is 3.13. The lowest BCUT2D eigenvalue weighted by Crippen LogP contribution is -2.26. The Balaban J connectivity index is 1.74. The number of Topliss-reactive ketones (excluding diaryl/α,β-unsaturated/α-hetero) is 1. The number of para-hydroxylation sites is 1. The molecular weight excluding hydrogens is 384 g/mol. The maximum absolute atomic E-state index is 12.6. The largest absolute Gasteiger partial charge is 0.454 e. The van der Waals surface area contributed by atoms with E-state index in [4.69, 9.17) is 4.74 Å². The van der Waals surface area contributed by atoms with Crippen molar-refractivity contribution in [3.05, 3.63) is 59.2 Å². The number of ether oxygens (including phenoxy) is 2. The van der Waals surface area contributed by atoms with Crippen LogP contribution in [0.15, 0.2) is 42.5 Å². The maximum Gasteiger partial charge on any atom is 0.387 e. The van der Waals surface area contributed by atoms with Crippen LogP contribution >= 0.6 is 0 Å². The van der Waals surface area contributed by atoms with Crippen molar-refractivity contribution in [2.24, 2.45) is 0 Å². The van der Waals surface area contributed by atoms with E-state index < -0.39 is 25.0 Å². The van der Waals surface area contributed by atoms with E-state index in [9.17, 15) is 23.2 Å². The Hall–Kier alpha value is -3.29. The highest BCUT2D eigenvalue weighted by molar-refractivity contribution is 6.05. The van der Waals surface area contributed by atoms with Gasteiger partial charge >= 0.3 is 12.6 Å². The number of ketones is 1. The fraction of sp³-hybridized carbons (Fsp3) is 0.286. The molecule has 0 radical (unpaired) electrons. The van der Waals surface area contributed by atoms with Gasteiger partial charge in [0.25, 0.3) is 0 Å². The number of alkyl halides is 2. The first kappa shape index (κ1) is 20.4. The van der Waals surface area contributed by atoms with Gasteiger partial charge < -0.3 is 14.4 Å². The van der Waals surface area contributed by atoms with Crippen LogP contribution in [-0.2, 0) is 9.53 Å². The molecule has 2 aromatic carbocycles. The highest BCUT2D eigenvalue weighted by atomic mass is 19.3. The summed E-state index contributed by atoms with van der Waals surface area (Å²) < 4.78 is 34.6. The first-order chi connectivity index (χ1) is 13.9. The number of nitrogens with zero attached hydrogens (tertiary/aromatic N) is 1. The van der Waals surface area contributed by atoms with E-state index >= 15 is 0 Å². The number of esters is 1. The van der Waals surface area contributed by atoms with Gasteiger partial charge in [0.1, 0.15) is 5.75 Å². The standard InChI is InChI=1S/C21H19F2NO5/c1-13-8-9-18(29-21(22)23)15(11-13)17(25)12-28-20(27)14-5-2-3-6-16(14)24-10-4-7-19(24)26/h2-3,5-6,8-9,11,21H,4,7,10,12H2,1H3. The van der Waals surface area contributed by atoms with Crippen LogP contribution in [0.3, 0.4) is 0 Å². The van der Waals surface area contributed by atoms with Gasteiger partial charge in [-0.3, -0.25) is 9.59 Å². The average Bonchev–Trinajstić information content (AvgIpc) is 3.12. The molecule has 29 heavy (non-hydrogen) atoms. The number of halogens is 2. The van der Waals surface area contributed by atoms with Crippen molar-refractivity contribution < 1.29 is 32.6 Å². The summed E-state index contributed by atoms with van der Waals surface area (Å²) in [6.07, 6.45) is 1.10. The lowest BCUT2D eigenvalue weighted by molar-refractivity contribution is -0.117. The van der Waals surface area contributed by atoms with E-state index in [0.717, 1.165) is 0 Å². The van der Waals surface area contributed by atoms with Gasteiger partial charge in [0.05, 0.1) is 16.8 Å². The van der Waals surface area contributed by atoms with Gasteiger partial charge in [0.15, 0.2) is 6.61 Å². The van der Waals surface area contributed by atoms with Crippen molar-refractivity contribution in [2.45, 2.75) is 26.4 Å². The number of aryl methyl sites for hydroxylation is 1. The second-order valence-electron chi connectivity index (χ2n) is 6.54. The summed E-state index contributed by atoms with van der Waals surface area (Å²) in [6, 6.07) is 10.7. The van der Waals surface area contributed by atoms with Crippen molar-refractivity contribution in [1.82, 2.24) is 0 Å². The molecular formula is C21H19F2NO5. The first-order valence-electron chi connectivity index (χ1n) is 9.02. The lowest BCUT2D eigenvalue weighted by Gasteiger charge is -2.19. The molecule has 0 N–H and O–H groups in total. The molecule has 8 heteroatoms. The van der Waals surface area contributed by atoms with E-state index in [-0.39, 0.29) is 22.8 Å². The monoisotopic (exact) mass is 403 g/mol. The number of carbonyl (C=O) groups excluding carboxylic acids is 3. The Labute approximate surface area is 166 Å². The summed E-state index contributed by atoms with van der Waals surface area (Å²) in [5, 5.41) is 0. The molecule has 1 amide bonds. The van der Waals surface area contributed by atoms with Gasteiger partial charge in [0, 0.05) is 13.0 Å². The number of hydrogen-bond donors (Lipinski definition) is 0. The van der Waals surface area contributed by atoms with E-state index in [0.29, 0.717) is 30.6 Å². The molecule has 2 aromatic rings. The van der Waals surface area contributed by atoms with Crippen molar-refractivity contribution >= 4 is 23.3 Å². The topological polar surface area (TPSA) is 72.9 Å². The molecule has 0 bridgehead atoms. The van der Waals surface area contributed by atoms with Crippen LogP contribution < -0.4 is 9.64 Å². The summed E-state index contributed by atoms with van der Waals surface area (Å²) in [5.41, 5.74) is 1.15. The molecule has 0 atom stereocenters. The average molecular weight is 403 g/mol. The van der Waals surface area contributed by atoms with Crippen LogP contribution in [0.25, 0.3) is 0 Å². The van der Waals surface area contributed by atoms with Gasteiger partial charge in [-0.2, -0.15) is 8.78 Å². The van der Waals surface area contributed by atoms with Crippen molar-refractivity contribution in [2.75, 3.05) is 18.1 Å². The molecule has 1 heterocycles. The predicted octanol–water partition coefficient (Wildman–Crippen LogP) is 3.76. The van der Waals surface area contributed by atoms with Gasteiger partial charge in [-0.05, 0) is 37.6 Å². The zero-order chi connectivity index (χ0) is 21.0. The number of anilines is 1. The number of rotatable bonds is 7. The minimum Gasteiger partial charge on any atom is -0.454 e. The molecule has 0 saturated carbocycles. The molecule has 3 rings (SSSR count). The van der Waals surface area contributed by atoms with Crippen molar-refractivity contribution in [3.8, 4) is 5.75 Å². The molecule has 0 aliphatic carbocycles. The molecule has 0 spiro atoms. The summed E-state index contributed by atoms with van der Waals surface area (Å²) in [5.74, 6) is -1.82. The van der Waals surface area contributed by atoms with Crippen LogP contribution in [0.1, 0.15) is 39.1 Å². The second kappa shape index (κ2) is 8.81. The Kier molecular flexibility index (Phi) is 6.21. The van der Waals surface area contributed by atoms with Crippen LogP contribution in [0.5, 0.6) is 5.75 Å². The molecule has 6 nitrogen and oxygen atoms in total. The van der Waals surface area contributed by atoms with Crippen LogP contribution in [-0.4, -0.2) is 37.4 Å². The number of amides is 1. The molecule has 152 valence electrons. The molecule has 1 fully saturated rings. The zero-order valence-electron chi connectivity index (χ0n) is 15.7. The smallest absolute Gasteiger partial charge is 0.387 e. The van der Waals surface area contributed by atoms with Gasteiger partial charge in [-0.1, -0.05) is 23.8 Å². The Morgan fingerprint density at radius 3 is 2.59 bits per heavy atom. The summed E-state index contributed by atoms with van der Waals surface area (Å²) in [4.78, 5) is 38.5. The van der Waals surface area contributed by atoms with Gasteiger partial charge in [-0.25, -0.2) is 4.79 Å². The third kappa shape index (κ3) is 4.77. The Morgan fingerprint density at radius 1 is 1.14 bits per heavy atom. The fourth-order valence-electron chi connectivity index (χ4n) is 3.13. The molecule has 1 aliphatic heterocycles. The third-order valence-electron chi connectivity index (χ3n) is 4.47. The molecule has 0 aromatic heterocycles. The normalized spacial score (nSPS) is 13.7. The maximum atomic E-state index is 12.6. The van der Waals surface area contributed by atoms with Gasteiger partial charge in [-0.15, -0.1) is 0 Å². The number of benzene rings is 2. The van der Waals surface area contributed by atoms with Crippen LogP contribution in [0.2, 0.25) is 0 Å². The van der Waals surface area contributed by atoms with E-state index in [1.54, 1.807) is 25.1 Å². The second-order valence-corrected chi connectivity index (χ2v) is 6.54. The van der Waals surface area contributed by atoms with Crippen LogP contribution in [0, 0.1) is 6.92 Å². The molecule has 0 unspecified atom stereocenters. The minimum atomic E-state index is -3.09. The summed E-state index contributed by atoms with van der Waals surface area (Å²) in [6.45, 7) is -1.54. The molecule has 1 aliphatic rings. The quantitative estimate of drug-likeness (QED) is 0.520. The predicted molar refractivity (Wildman–Crippen MR) is 100 cm³/mol. The Morgan fingerprint density at radius 2 is 1.90 bits per heavy atom. The zero-order valence-corrected chi connectivity index (χ0v) is 15.7. The number of carbonyl (C=O) groups is 3. The van der Waals surface area contributed by atoms with Crippen LogP contribution in [0.4, 0.5) is 14.5 Å². The van der Waals surface area contributed by atoms with Crippen molar-refractivity contribution in [1.29, 1.82) is 0 Å². The Bertz CT molecular complexity index is 944.